The first kappa shape index (κ1) is 59.0. The lowest BCUT2D eigenvalue weighted by Crippen LogP contribution is -2.34. The van der Waals surface area contributed by atoms with Gasteiger partial charge in [0.25, 0.3) is 0 Å². The molecule has 0 fully saturated rings. The molecule has 0 aromatic heterocycles. The predicted octanol–water partition coefficient (Wildman–Crippen LogP) is 14.7. The van der Waals surface area contributed by atoms with Crippen molar-refractivity contribution in [2.45, 2.75) is 276 Å². The molecule has 0 bridgehead atoms. The third kappa shape index (κ3) is 45.0. The fourth-order valence-corrected chi connectivity index (χ4v) is 8.44. The number of phosphoric ester groups is 1. The number of hydrogen-bond donors (Lipinski definition) is 3. The Kier molecular flexibility index (Phi) is 45.2. The Labute approximate surface area is 370 Å². The molecule has 0 aliphatic heterocycles. The topological polar surface area (TPSA) is 155 Å². The van der Waals surface area contributed by atoms with Gasteiger partial charge in [0.05, 0.1) is 19.8 Å². The highest BCUT2D eigenvalue weighted by molar-refractivity contribution is 7.47. The summed E-state index contributed by atoms with van der Waals surface area (Å²) < 4.78 is 33.5. The molecule has 0 aromatic rings. The number of hydrogen-bond acceptors (Lipinski definition) is 8. The number of ether oxygens (including phenoxy) is 2. The van der Waals surface area contributed by atoms with Crippen molar-refractivity contribution in [1.29, 1.82) is 0 Å². The number of esters is 1. The number of rotatable bonds is 50. The lowest BCUT2D eigenvalue weighted by atomic mass is 10.0. The Hall–Kier alpha value is -1.03. The molecule has 0 saturated heterocycles. The molecule has 11 heteroatoms. The molecule has 0 aliphatic rings. The molecule has 4 N–H and O–H groups in total. The Morgan fingerprint density at radius 2 is 0.767 bits per heavy atom. The zero-order valence-electron chi connectivity index (χ0n) is 39.3. The Morgan fingerprint density at radius 1 is 0.467 bits per heavy atom. The minimum absolute atomic E-state index is 0.0263. The second-order valence-electron chi connectivity index (χ2n) is 17.7. The summed E-state index contributed by atoms with van der Waals surface area (Å²) in [5.41, 5.74) is 5.37. The smallest absolute Gasteiger partial charge is 0.472 e. The molecule has 0 aromatic carbocycles. The van der Waals surface area contributed by atoms with E-state index in [1.807, 2.05) is 0 Å². The molecule has 3 atom stereocenters. The van der Waals surface area contributed by atoms with Crippen molar-refractivity contribution < 1.29 is 42.7 Å². The van der Waals surface area contributed by atoms with Gasteiger partial charge < -0.3 is 25.2 Å². The number of nitrogens with two attached hydrogens (primary N) is 1. The van der Waals surface area contributed by atoms with Crippen molar-refractivity contribution in [3.05, 3.63) is 0 Å². The van der Waals surface area contributed by atoms with Crippen LogP contribution < -0.4 is 5.73 Å². The molecule has 60 heavy (non-hydrogen) atoms. The lowest BCUT2D eigenvalue weighted by molar-refractivity contribution is -0.154. The molecule has 0 spiro atoms. The number of carboxylic acid groups (broad SMARTS) is 1. The number of carboxylic acids is 1. The van der Waals surface area contributed by atoms with Gasteiger partial charge in [-0.15, -0.1) is 0 Å². The van der Waals surface area contributed by atoms with Crippen molar-refractivity contribution >= 4 is 19.8 Å². The molecule has 10 nitrogen and oxygen atoms in total. The van der Waals surface area contributed by atoms with Gasteiger partial charge in [-0.1, -0.05) is 245 Å². The van der Waals surface area contributed by atoms with Crippen LogP contribution >= 0.6 is 7.82 Å². The van der Waals surface area contributed by atoms with Gasteiger partial charge in [-0.25, -0.2) is 4.57 Å². The summed E-state index contributed by atoms with van der Waals surface area (Å²) in [4.78, 5) is 33.7. The van der Waals surface area contributed by atoms with E-state index in [1.54, 1.807) is 0 Å². The first-order valence-electron chi connectivity index (χ1n) is 25.6. The maximum Gasteiger partial charge on any atom is 0.472 e. The highest BCUT2D eigenvalue weighted by Gasteiger charge is 2.27. The van der Waals surface area contributed by atoms with E-state index >= 15 is 0 Å². The van der Waals surface area contributed by atoms with Crippen LogP contribution in [0.5, 0.6) is 0 Å². The normalized spacial score (nSPS) is 13.7. The van der Waals surface area contributed by atoms with Crippen molar-refractivity contribution in [3.8, 4) is 0 Å². The third-order valence-electron chi connectivity index (χ3n) is 11.6. The van der Waals surface area contributed by atoms with E-state index < -0.39 is 45.1 Å². The third-order valence-corrected chi connectivity index (χ3v) is 12.6. The highest BCUT2D eigenvalue weighted by atomic mass is 31.2. The van der Waals surface area contributed by atoms with Gasteiger partial charge in [0.2, 0.25) is 0 Å². The first-order chi connectivity index (χ1) is 29.2. The molecular formula is C49H98NO9P. The summed E-state index contributed by atoms with van der Waals surface area (Å²) in [6.07, 6.45) is 48.7. The van der Waals surface area contributed by atoms with Crippen molar-refractivity contribution in [2.24, 2.45) is 5.73 Å². The molecular weight excluding hydrogens is 778 g/mol. The number of aliphatic carboxylic acids is 1. The van der Waals surface area contributed by atoms with Crippen LogP contribution in [0.2, 0.25) is 0 Å². The number of carbonyl (C=O) groups excluding carboxylic acids is 1. The van der Waals surface area contributed by atoms with Crippen LogP contribution in [-0.2, 0) is 32.7 Å². The molecule has 0 heterocycles. The minimum atomic E-state index is -4.61. The molecule has 0 aliphatic carbocycles. The van der Waals surface area contributed by atoms with Crippen LogP contribution in [0, 0.1) is 0 Å². The van der Waals surface area contributed by atoms with Crippen LogP contribution in [0.1, 0.15) is 264 Å². The van der Waals surface area contributed by atoms with E-state index in [9.17, 15) is 19.0 Å². The maximum atomic E-state index is 12.7. The summed E-state index contributed by atoms with van der Waals surface area (Å²) in [5, 5.41) is 8.92. The molecule has 358 valence electrons. The fraction of sp³-hybridized carbons (Fsp3) is 0.959. The molecule has 3 unspecified atom stereocenters. The Bertz CT molecular complexity index is 971. The summed E-state index contributed by atoms with van der Waals surface area (Å²) in [6, 6.07) is -1.47. The van der Waals surface area contributed by atoms with Gasteiger partial charge in [-0.05, 0) is 12.8 Å². The summed E-state index contributed by atoms with van der Waals surface area (Å²) >= 11 is 0. The standard InChI is InChI=1S/C49H98NO9P/c1-3-5-7-9-11-13-15-17-19-21-22-23-24-25-27-29-31-33-35-37-39-41-48(51)59-46(44-57-60(54,55)58-45-47(50)49(52)53)43-56-42-40-38-36-34-32-30-28-26-20-18-16-14-12-10-8-6-4-2/h46-47H,3-45,50H2,1-2H3,(H,52,53)(H,54,55). The van der Waals surface area contributed by atoms with Gasteiger partial charge >= 0.3 is 19.8 Å². The van der Waals surface area contributed by atoms with Gasteiger partial charge in [0.15, 0.2) is 0 Å². The van der Waals surface area contributed by atoms with Gasteiger partial charge in [0, 0.05) is 13.0 Å². The van der Waals surface area contributed by atoms with E-state index in [1.165, 1.54) is 205 Å². The van der Waals surface area contributed by atoms with Gasteiger partial charge in [0.1, 0.15) is 12.1 Å². The van der Waals surface area contributed by atoms with Gasteiger partial charge in [-0.3, -0.25) is 18.6 Å². The maximum absolute atomic E-state index is 12.7. The summed E-state index contributed by atoms with van der Waals surface area (Å²) in [6.45, 7) is 3.96. The van der Waals surface area contributed by atoms with E-state index in [-0.39, 0.29) is 13.0 Å². The average molecular weight is 876 g/mol. The molecule has 0 saturated carbocycles. The summed E-state index contributed by atoms with van der Waals surface area (Å²) in [5.74, 6) is -1.76. The molecule has 0 rings (SSSR count). The quantitative estimate of drug-likeness (QED) is 0.0306. The zero-order valence-corrected chi connectivity index (χ0v) is 40.2. The number of unbranched alkanes of at least 4 members (excludes halogenated alkanes) is 36. The van der Waals surface area contributed by atoms with E-state index in [2.05, 4.69) is 13.8 Å². The largest absolute Gasteiger partial charge is 0.480 e. The lowest BCUT2D eigenvalue weighted by Gasteiger charge is -2.20. The fourth-order valence-electron chi connectivity index (χ4n) is 7.67. The first-order valence-corrected chi connectivity index (χ1v) is 27.1. The number of phosphoric acid groups is 1. The summed E-state index contributed by atoms with van der Waals surface area (Å²) in [7, 11) is -4.61. The predicted molar refractivity (Wildman–Crippen MR) is 249 cm³/mol. The second kappa shape index (κ2) is 46.0. The van der Waals surface area contributed by atoms with Crippen LogP contribution in [0.3, 0.4) is 0 Å². The van der Waals surface area contributed by atoms with Crippen molar-refractivity contribution in [3.63, 3.8) is 0 Å². The van der Waals surface area contributed by atoms with Crippen LogP contribution in [0.15, 0.2) is 0 Å². The highest BCUT2D eigenvalue weighted by Crippen LogP contribution is 2.43. The van der Waals surface area contributed by atoms with E-state index in [0.29, 0.717) is 6.61 Å². The molecule has 0 amide bonds. The van der Waals surface area contributed by atoms with Crippen molar-refractivity contribution in [1.82, 2.24) is 0 Å². The van der Waals surface area contributed by atoms with Crippen LogP contribution in [0.25, 0.3) is 0 Å². The molecule has 0 radical (unpaired) electrons. The monoisotopic (exact) mass is 876 g/mol. The van der Waals surface area contributed by atoms with Crippen LogP contribution in [0.4, 0.5) is 0 Å². The SMILES string of the molecule is CCCCCCCCCCCCCCCCCCCCCCCC(=O)OC(COCCCCCCCCCCCCCCCCCCC)COP(=O)(O)OCC(N)C(=O)O. The average Bonchev–Trinajstić information content (AvgIpc) is 3.23. The second-order valence-corrected chi connectivity index (χ2v) is 19.1. The van der Waals surface area contributed by atoms with Gasteiger partial charge in [-0.2, -0.15) is 0 Å². The zero-order chi connectivity index (χ0) is 44.0. The minimum Gasteiger partial charge on any atom is -0.480 e. The Balaban J connectivity index is 4.08. The van der Waals surface area contributed by atoms with Crippen LogP contribution in [-0.4, -0.2) is 60.5 Å². The van der Waals surface area contributed by atoms with Crippen molar-refractivity contribution in [2.75, 3.05) is 26.4 Å². The van der Waals surface area contributed by atoms with E-state index in [0.717, 1.165) is 38.5 Å². The number of carbonyl (C=O) groups is 2. The Morgan fingerprint density at radius 3 is 1.10 bits per heavy atom. The van der Waals surface area contributed by atoms with E-state index in [4.69, 9.17) is 29.4 Å².